The van der Waals surface area contributed by atoms with Crippen LogP contribution in [0.15, 0.2) is 6.07 Å². The first-order valence-electron chi connectivity index (χ1n) is 14.5. The number of aromatic hydroxyl groups is 2. The van der Waals surface area contributed by atoms with Gasteiger partial charge in [0.15, 0.2) is 23.0 Å². The van der Waals surface area contributed by atoms with E-state index in [1.807, 2.05) is 29.8 Å². The summed E-state index contributed by atoms with van der Waals surface area (Å²) in [6, 6.07) is -1.92. The van der Waals surface area contributed by atoms with E-state index in [4.69, 9.17) is 14.2 Å². The fraction of sp³-hybridized carbons (Fsp3) is 0.533. The van der Waals surface area contributed by atoms with Gasteiger partial charge in [-0.1, -0.05) is 6.07 Å². The Morgan fingerprint density at radius 2 is 1.78 bits per heavy atom. The molecular formula is C30H35AcF3N4O8. The van der Waals surface area contributed by atoms with Gasteiger partial charge in [0.2, 0.25) is 12.7 Å². The fourth-order valence-electron chi connectivity index (χ4n) is 7.55. The first-order chi connectivity index (χ1) is 21.2. The van der Waals surface area contributed by atoms with Gasteiger partial charge >= 0.3 is 12.1 Å². The van der Waals surface area contributed by atoms with Gasteiger partial charge in [0.25, 0.3) is 0 Å². The largest absolute Gasteiger partial charge is 0.507 e. The van der Waals surface area contributed by atoms with E-state index < -0.39 is 54.4 Å². The van der Waals surface area contributed by atoms with Crippen LogP contribution in [0.1, 0.15) is 52.4 Å². The van der Waals surface area contributed by atoms with Crippen molar-refractivity contribution in [3.63, 3.8) is 0 Å². The number of ether oxygens (including phenoxy) is 3. The molecule has 2 bridgehead atoms. The summed E-state index contributed by atoms with van der Waals surface area (Å²) < 4.78 is 55.5. The maximum Gasteiger partial charge on any atom is 0.471 e. The van der Waals surface area contributed by atoms with Gasteiger partial charge in [-0.05, 0) is 51.8 Å². The van der Waals surface area contributed by atoms with Crippen molar-refractivity contribution in [2.45, 2.75) is 76.2 Å². The van der Waals surface area contributed by atoms with Gasteiger partial charge in [-0.3, -0.25) is 19.4 Å². The molecule has 2 aromatic carbocycles. The zero-order valence-corrected chi connectivity index (χ0v) is 30.6. The van der Waals surface area contributed by atoms with Crippen molar-refractivity contribution in [1.82, 2.24) is 20.4 Å². The number of carbonyl (C=O) groups is 2. The summed E-state index contributed by atoms with van der Waals surface area (Å²) in [5.74, 6) is -2.20. The molecule has 0 spiro atoms. The van der Waals surface area contributed by atoms with Crippen LogP contribution in [0.25, 0.3) is 0 Å². The molecular weight excluding hydrogens is 828 g/mol. The topological polar surface area (TPSA) is 153 Å². The fourth-order valence-corrected chi connectivity index (χ4v) is 7.55. The van der Waals surface area contributed by atoms with Crippen LogP contribution in [-0.2, 0) is 22.4 Å². The molecule has 4 aliphatic rings. The number of halogens is 3. The number of fused-ring (bicyclic) bond motifs is 9. The Kier molecular flexibility index (Phi) is 9.46. The average molecular weight is 864 g/mol. The molecule has 1 radical (unpaired) electrons. The maximum absolute atomic E-state index is 13.0. The van der Waals surface area contributed by atoms with Crippen molar-refractivity contribution < 1.29 is 96.4 Å². The summed E-state index contributed by atoms with van der Waals surface area (Å²) >= 11 is 0. The number of phenols is 2. The number of aliphatic hydroxyl groups excluding tert-OH is 1. The summed E-state index contributed by atoms with van der Waals surface area (Å²) in [4.78, 5) is 28.2. The zero-order valence-electron chi connectivity index (χ0n) is 25.9. The molecule has 6 atom stereocenters. The van der Waals surface area contributed by atoms with E-state index in [1.165, 1.54) is 7.11 Å². The van der Waals surface area contributed by atoms with E-state index in [2.05, 4.69) is 5.32 Å². The molecule has 1 unspecified atom stereocenters. The number of hydrogen-bond donors (Lipinski definition) is 5. The molecule has 0 aromatic heterocycles. The Bertz CT molecular complexity index is 1590. The number of nitrogens with zero attached hydrogens (tertiary/aromatic N) is 2. The molecule has 247 valence electrons. The third-order valence-electron chi connectivity index (χ3n) is 9.59. The molecule has 2 amide bonds. The number of piperazine rings is 1. The standard InChI is InChI=1S/C30H35F3N4O8.Ac/c1-11-6-14-7-17-28(41)37-16(21(36(17)4)19(14)23(39)24(11)43-5)8-15-20(26-25(44-10-45-26)12(2)22(15)38)18(37)9-34-27(40)13(3)35-29(42)30(31,32)33;/h6,13,16-18,21,28,38-39,41H,7-10H2,1-5H3,(H,34,40)(H,35,42);/t13-,16?,17-,18-,21-,28-;/m0./s1. The Morgan fingerprint density at radius 1 is 1.11 bits per heavy atom. The molecule has 0 saturated carbocycles. The second-order valence-electron chi connectivity index (χ2n) is 12.0. The minimum Gasteiger partial charge on any atom is -0.507 e. The van der Waals surface area contributed by atoms with Gasteiger partial charge in [-0.2, -0.15) is 13.2 Å². The monoisotopic (exact) mass is 863 g/mol. The number of likely N-dealkylation sites (N-methyl/N-ethyl adjacent to an activating group) is 1. The minimum absolute atomic E-state index is 0. The van der Waals surface area contributed by atoms with Crippen LogP contribution in [0.4, 0.5) is 13.2 Å². The van der Waals surface area contributed by atoms with Crippen molar-refractivity contribution in [2.75, 3.05) is 27.5 Å². The molecule has 46 heavy (non-hydrogen) atoms. The third kappa shape index (κ3) is 5.38. The number of carbonyl (C=O) groups excluding carboxylic acids is 2. The number of nitrogens with one attached hydrogen (secondary N) is 2. The Labute approximate surface area is 298 Å². The van der Waals surface area contributed by atoms with Gasteiger partial charge in [0, 0.05) is 78.9 Å². The number of aliphatic hydroxyl groups is 1. The van der Waals surface area contributed by atoms with Crippen LogP contribution in [0.2, 0.25) is 0 Å². The molecule has 4 heterocycles. The number of rotatable bonds is 5. The molecule has 12 nitrogen and oxygen atoms in total. The molecule has 0 aliphatic carbocycles. The van der Waals surface area contributed by atoms with Crippen LogP contribution in [-0.4, -0.2) is 95.0 Å². The summed E-state index contributed by atoms with van der Waals surface area (Å²) in [5.41, 5.74) is 3.65. The second kappa shape index (κ2) is 12.5. The predicted octanol–water partition coefficient (Wildman–Crippen LogP) is 1.83. The summed E-state index contributed by atoms with van der Waals surface area (Å²) in [6.07, 6.45) is -5.67. The molecule has 1 saturated heterocycles. The number of alkyl halides is 3. The van der Waals surface area contributed by atoms with Crippen molar-refractivity contribution in [2.24, 2.45) is 0 Å². The number of benzene rings is 2. The number of hydrogen-bond acceptors (Lipinski definition) is 10. The Hall–Kier alpha value is -2.51. The van der Waals surface area contributed by atoms with Gasteiger partial charge in [-0.15, -0.1) is 0 Å². The van der Waals surface area contributed by atoms with Crippen molar-refractivity contribution in [3.8, 4) is 28.7 Å². The Balaban J connectivity index is 0.00000417. The first kappa shape index (κ1) is 34.8. The quantitative estimate of drug-likeness (QED) is 0.301. The third-order valence-corrected chi connectivity index (χ3v) is 9.59. The van der Waals surface area contributed by atoms with Crippen molar-refractivity contribution >= 4 is 11.8 Å². The van der Waals surface area contributed by atoms with E-state index in [0.717, 1.165) is 18.1 Å². The average Bonchev–Trinajstić information content (AvgIpc) is 3.46. The zero-order chi connectivity index (χ0) is 32.7. The van der Waals surface area contributed by atoms with Gasteiger partial charge < -0.3 is 40.2 Å². The summed E-state index contributed by atoms with van der Waals surface area (Å²) in [6.45, 7) is 4.30. The first-order valence-corrected chi connectivity index (χ1v) is 14.5. The van der Waals surface area contributed by atoms with Gasteiger partial charge in [0.05, 0.1) is 25.2 Å². The van der Waals surface area contributed by atoms with E-state index in [0.29, 0.717) is 45.9 Å². The molecule has 16 heteroatoms. The van der Waals surface area contributed by atoms with Crippen LogP contribution < -0.4 is 24.8 Å². The van der Waals surface area contributed by atoms with Crippen molar-refractivity contribution in [1.29, 1.82) is 0 Å². The molecule has 2 aromatic rings. The molecule has 1 fully saturated rings. The summed E-state index contributed by atoms with van der Waals surface area (Å²) in [7, 11) is 3.32. The van der Waals surface area contributed by atoms with Gasteiger partial charge in [0.1, 0.15) is 18.0 Å². The maximum atomic E-state index is 13.0. The van der Waals surface area contributed by atoms with E-state index in [-0.39, 0.29) is 75.3 Å². The van der Waals surface area contributed by atoms with Crippen LogP contribution >= 0.6 is 0 Å². The minimum atomic E-state index is -5.16. The van der Waals surface area contributed by atoms with E-state index >= 15 is 0 Å². The van der Waals surface area contributed by atoms with Gasteiger partial charge in [-0.25, -0.2) is 0 Å². The molecule has 4 aliphatic heterocycles. The molecule has 5 N–H and O–H groups in total. The number of aryl methyl sites for hydroxylation is 1. The van der Waals surface area contributed by atoms with E-state index in [1.54, 1.807) is 12.2 Å². The smallest absolute Gasteiger partial charge is 0.471 e. The predicted molar refractivity (Wildman–Crippen MR) is 151 cm³/mol. The number of phenolic OH excluding ortho intramolecular Hbond substituents is 2. The van der Waals surface area contributed by atoms with Crippen LogP contribution in [0.3, 0.4) is 0 Å². The normalized spacial score (nSPS) is 25.4. The number of amides is 2. The van der Waals surface area contributed by atoms with E-state index in [9.17, 15) is 38.1 Å². The van der Waals surface area contributed by atoms with Crippen LogP contribution in [0, 0.1) is 57.9 Å². The number of methoxy groups -OCH3 is 1. The summed E-state index contributed by atoms with van der Waals surface area (Å²) in [5, 5.41) is 39.2. The second-order valence-corrected chi connectivity index (χ2v) is 12.0. The van der Waals surface area contributed by atoms with Crippen LogP contribution in [0.5, 0.6) is 28.7 Å². The molecule has 6 rings (SSSR count). The van der Waals surface area contributed by atoms with Crippen molar-refractivity contribution in [3.05, 3.63) is 39.4 Å². The SMILES string of the molecule is COc1c(C)cc2c(c1O)[C@@H]1C3Cc4c(O)c(C)c5c(c4[C@H](CNC(=O)[C@H](C)NC(=O)C(F)(F)F)N3[C@@H](O)[C@H](C2)N1C)OCO5.[Ac]. The Morgan fingerprint density at radius 3 is 2.43 bits per heavy atom.